The van der Waals surface area contributed by atoms with Gasteiger partial charge in [-0.3, -0.25) is 14.9 Å². The molecular weight excluding hydrogens is 456 g/mol. The Morgan fingerprint density at radius 3 is 2.53 bits per heavy atom. The number of carboxylic acid groups (broad SMARTS) is 1. The van der Waals surface area contributed by atoms with Gasteiger partial charge in [0.05, 0.1) is 12.6 Å². The van der Waals surface area contributed by atoms with Gasteiger partial charge in [-0.25, -0.2) is 4.79 Å². The molecule has 1 heterocycles. The molecule has 1 aliphatic heterocycles. The van der Waals surface area contributed by atoms with Crippen molar-refractivity contribution in [1.82, 2.24) is 10.2 Å². The normalized spacial score (nSPS) is 22.7. The van der Waals surface area contributed by atoms with Crippen molar-refractivity contribution in [3.05, 3.63) is 35.9 Å². The summed E-state index contributed by atoms with van der Waals surface area (Å²) in [7, 11) is 0. The zero-order valence-electron chi connectivity index (χ0n) is 22.0. The summed E-state index contributed by atoms with van der Waals surface area (Å²) in [6.45, 7) is 4.30. The molecule has 7 heteroatoms. The van der Waals surface area contributed by atoms with Crippen LogP contribution in [0.15, 0.2) is 30.3 Å². The molecule has 1 aliphatic carbocycles. The number of carboxylic acids is 1. The number of hydrogen-bond acceptors (Lipinski definition) is 5. The van der Waals surface area contributed by atoms with Crippen LogP contribution in [0.4, 0.5) is 0 Å². The quantitative estimate of drug-likeness (QED) is 0.267. The maximum atomic E-state index is 13.6. The Balaban J connectivity index is 1.56. The Hall–Kier alpha value is -2.41. The van der Waals surface area contributed by atoms with Crippen molar-refractivity contribution in [1.29, 1.82) is 0 Å². The molecule has 1 aromatic carbocycles. The number of aryl methyl sites for hydroxylation is 1. The smallest absolute Gasteiger partial charge is 0.328 e. The Kier molecular flexibility index (Phi) is 11.2. The van der Waals surface area contributed by atoms with E-state index in [9.17, 15) is 19.5 Å². The molecule has 0 unspecified atom stereocenters. The highest BCUT2D eigenvalue weighted by Gasteiger charge is 2.50. The van der Waals surface area contributed by atoms with E-state index in [-0.39, 0.29) is 17.9 Å². The zero-order chi connectivity index (χ0) is 25.9. The van der Waals surface area contributed by atoms with Crippen LogP contribution in [0.1, 0.15) is 90.0 Å². The molecule has 2 N–H and O–H groups in total. The number of esters is 1. The number of carbonyl (C=O) groups excluding carboxylic acids is 2. The van der Waals surface area contributed by atoms with Gasteiger partial charge in [-0.1, -0.05) is 75.8 Å². The highest BCUT2D eigenvalue weighted by atomic mass is 16.5. The first-order chi connectivity index (χ1) is 17.4. The van der Waals surface area contributed by atoms with Crippen molar-refractivity contribution in [3.8, 4) is 0 Å². The summed E-state index contributed by atoms with van der Waals surface area (Å²) in [5.41, 5.74) is 1.06. The van der Waals surface area contributed by atoms with Crippen LogP contribution in [-0.4, -0.2) is 58.6 Å². The Labute approximate surface area is 216 Å². The summed E-state index contributed by atoms with van der Waals surface area (Å²) < 4.78 is 5.62. The maximum absolute atomic E-state index is 13.6. The molecule has 200 valence electrons. The molecule has 36 heavy (non-hydrogen) atoms. The fourth-order valence-corrected chi connectivity index (χ4v) is 5.80. The van der Waals surface area contributed by atoms with Crippen LogP contribution in [0.3, 0.4) is 0 Å². The van der Waals surface area contributed by atoms with Crippen molar-refractivity contribution >= 4 is 17.8 Å². The predicted octanol–water partition coefficient (Wildman–Crippen LogP) is 4.72. The second kappa shape index (κ2) is 14.4. The summed E-state index contributed by atoms with van der Waals surface area (Å²) in [5.74, 6) is -1.16. The van der Waals surface area contributed by atoms with Gasteiger partial charge in [0.1, 0.15) is 12.1 Å². The zero-order valence-corrected chi connectivity index (χ0v) is 22.0. The number of rotatable bonds is 15. The van der Waals surface area contributed by atoms with Crippen LogP contribution in [0.25, 0.3) is 0 Å². The molecule has 0 bridgehead atoms. The van der Waals surface area contributed by atoms with E-state index in [4.69, 9.17) is 4.74 Å². The lowest BCUT2D eigenvalue weighted by Gasteiger charge is -2.32. The minimum absolute atomic E-state index is 0.0425. The van der Waals surface area contributed by atoms with E-state index in [0.717, 1.165) is 44.1 Å². The molecule has 3 rings (SSSR count). The monoisotopic (exact) mass is 500 g/mol. The number of amides is 1. The number of aliphatic carboxylic acids is 1. The SMILES string of the molecule is CCCCCCCCOC(=O)[C@@H]1C[C@@H]2CCC[C@@H]2N1C(=O)[C@H](C)N[C@@H](CCc1ccccc1)C(=O)O. The van der Waals surface area contributed by atoms with Gasteiger partial charge in [-0.2, -0.15) is 0 Å². The summed E-state index contributed by atoms with van der Waals surface area (Å²) in [4.78, 5) is 40.2. The molecule has 1 aromatic rings. The Morgan fingerprint density at radius 2 is 1.81 bits per heavy atom. The molecule has 0 spiro atoms. The summed E-state index contributed by atoms with van der Waals surface area (Å²) in [5, 5.41) is 12.8. The summed E-state index contributed by atoms with van der Waals surface area (Å²) in [6, 6.07) is 7.67. The van der Waals surface area contributed by atoms with Crippen molar-refractivity contribution in [2.24, 2.45) is 5.92 Å². The Morgan fingerprint density at radius 1 is 1.08 bits per heavy atom. The van der Waals surface area contributed by atoms with Gasteiger partial charge in [-0.15, -0.1) is 0 Å². The summed E-state index contributed by atoms with van der Waals surface area (Å²) >= 11 is 0. The second-order valence-electron chi connectivity index (χ2n) is 10.5. The number of nitrogens with one attached hydrogen (secondary N) is 1. The average Bonchev–Trinajstić information content (AvgIpc) is 3.47. The molecule has 0 radical (unpaired) electrons. The van der Waals surface area contributed by atoms with Gasteiger partial charge in [0.2, 0.25) is 5.91 Å². The molecule has 1 saturated carbocycles. The first-order valence-electron chi connectivity index (χ1n) is 13.9. The first-order valence-corrected chi connectivity index (χ1v) is 13.9. The van der Waals surface area contributed by atoms with Crippen LogP contribution in [0, 0.1) is 5.92 Å². The highest BCUT2D eigenvalue weighted by Crippen LogP contribution is 2.42. The third-order valence-corrected chi connectivity index (χ3v) is 7.79. The van der Waals surface area contributed by atoms with Gasteiger partial charge < -0.3 is 14.7 Å². The van der Waals surface area contributed by atoms with Crippen LogP contribution < -0.4 is 5.32 Å². The van der Waals surface area contributed by atoms with Crippen molar-refractivity contribution in [2.75, 3.05) is 6.61 Å². The third kappa shape index (κ3) is 7.79. The number of ether oxygens (including phenoxy) is 1. The van der Waals surface area contributed by atoms with E-state index < -0.39 is 24.1 Å². The van der Waals surface area contributed by atoms with E-state index in [1.54, 1.807) is 11.8 Å². The fraction of sp³-hybridized carbons (Fsp3) is 0.690. The van der Waals surface area contributed by atoms with Gasteiger partial charge >= 0.3 is 11.9 Å². The number of nitrogens with zero attached hydrogens (tertiary/aromatic N) is 1. The lowest BCUT2D eigenvalue weighted by molar-refractivity contribution is -0.155. The van der Waals surface area contributed by atoms with E-state index >= 15 is 0 Å². The van der Waals surface area contributed by atoms with E-state index in [0.29, 0.717) is 31.8 Å². The number of benzene rings is 1. The maximum Gasteiger partial charge on any atom is 0.328 e. The second-order valence-corrected chi connectivity index (χ2v) is 10.5. The van der Waals surface area contributed by atoms with Crippen LogP contribution in [-0.2, 0) is 25.5 Å². The average molecular weight is 501 g/mol. The van der Waals surface area contributed by atoms with Crippen LogP contribution in [0.2, 0.25) is 0 Å². The van der Waals surface area contributed by atoms with Crippen molar-refractivity contribution in [3.63, 3.8) is 0 Å². The topological polar surface area (TPSA) is 95.9 Å². The first kappa shape index (κ1) is 28.2. The number of unbranched alkanes of at least 4 members (excludes halogenated alkanes) is 5. The fourth-order valence-electron chi connectivity index (χ4n) is 5.80. The molecule has 7 nitrogen and oxygen atoms in total. The van der Waals surface area contributed by atoms with E-state index in [1.165, 1.54) is 19.3 Å². The lowest BCUT2D eigenvalue weighted by atomic mass is 10.0. The standard InChI is InChI=1S/C29H44N2O5/c1-3-4-5-6-7-11-19-36-29(35)26-20-23-15-12-16-25(23)31(26)27(32)21(2)30-24(28(33)34)18-17-22-13-9-8-10-14-22/h8-10,13-14,21,23-26,30H,3-7,11-12,15-20H2,1-2H3,(H,33,34)/t21-,23-,24-,25-,26-/m0/s1. The van der Waals surface area contributed by atoms with Crippen LogP contribution >= 0.6 is 0 Å². The van der Waals surface area contributed by atoms with Crippen molar-refractivity contribution in [2.45, 2.75) is 115 Å². The van der Waals surface area contributed by atoms with Crippen LogP contribution in [0.5, 0.6) is 0 Å². The number of fused-ring (bicyclic) bond motifs is 1. The van der Waals surface area contributed by atoms with Crippen molar-refractivity contribution < 1.29 is 24.2 Å². The van der Waals surface area contributed by atoms with Gasteiger partial charge in [-0.05, 0) is 56.9 Å². The molecule has 2 fully saturated rings. The summed E-state index contributed by atoms with van der Waals surface area (Å²) in [6.07, 6.45) is 11.3. The number of hydrogen-bond donors (Lipinski definition) is 2. The molecule has 1 amide bonds. The highest BCUT2D eigenvalue weighted by molar-refractivity contribution is 5.89. The van der Waals surface area contributed by atoms with E-state index in [2.05, 4.69) is 12.2 Å². The largest absolute Gasteiger partial charge is 0.480 e. The minimum atomic E-state index is -0.972. The predicted molar refractivity (Wildman–Crippen MR) is 139 cm³/mol. The van der Waals surface area contributed by atoms with Gasteiger partial charge in [0, 0.05) is 6.04 Å². The lowest BCUT2D eigenvalue weighted by Crippen LogP contribution is -2.55. The Bertz CT molecular complexity index is 845. The molecule has 5 atom stereocenters. The third-order valence-electron chi connectivity index (χ3n) is 7.79. The number of carbonyl (C=O) groups is 3. The molecule has 1 saturated heterocycles. The van der Waals surface area contributed by atoms with Gasteiger partial charge in [0.15, 0.2) is 0 Å². The molecule has 0 aromatic heterocycles. The van der Waals surface area contributed by atoms with E-state index in [1.807, 2.05) is 30.3 Å². The number of likely N-dealkylation sites (tertiary alicyclic amines) is 1. The molecular formula is C29H44N2O5. The van der Waals surface area contributed by atoms with Gasteiger partial charge in [0.25, 0.3) is 0 Å². The molecule has 2 aliphatic rings. The minimum Gasteiger partial charge on any atom is -0.480 e.